The van der Waals surface area contributed by atoms with Crippen molar-refractivity contribution < 1.29 is 24.5 Å². The van der Waals surface area contributed by atoms with Gasteiger partial charge in [0, 0.05) is 18.0 Å². The Morgan fingerprint density at radius 3 is 2.69 bits per heavy atom. The second-order valence-electron chi connectivity index (χ2n) is 5.71. The monoisotopic (exact) mass is 363 g/mol. The van der Waals surface area contributed by atoms with E-state index < -0.39 is 48.4 Å². The summed E-state index contributed by atoms with van der Waals surface area (Å²) in [6.45, 7) is -0.558. The normalized spacial score (nSPS) is 25.2. The number of nitrogens with one attached hydrogen (secondary N) is 1. The molecule has 10 heteroatoms. The maximum atomic E-state index is 12.4. The van der Waals surface area contributed by atoms with Crippen LogP contribution in [-0.2, 0) is 9.47 Å². The van der Waals surface area contributed by atoms with Crippen LogP contribution in [0.3, 0.4) is 0 Å². The van der Waals surface area contributed by atoms with Gasteiger partial charge in [0.05, 0.1) is 12.2 Å². The van der Waals surface area contributed by atoms with E-state index in [0.29, 0.717) is 0 Å². The van der Waals surface area contributed by atoms with Crippen LogP contribution in [0.4, 0.5) is 5.69 Å². The summed E-state index contributed by atoms with van der Waals surface area (Å²) >= 11 is 0. The van der Waals surface area contributed by atoms with Gasteiger partial charge in [-0.2, -0.15) is 0 Å². The Labute approximate surface area is 146 Å². The van der Waals surface area contributed by atoms with Crippen molar-refractivity contribution in [2.24, 2.45) is 0 Å². The number of nitrogen functional groups attached to an aromatic ring is 1. The first kappa shape index (κ1) is 17.9. The molecule has 3 rings (SSSR count). The molecule has 1 saturated heterocycles. The molecule has 1 aliphatic heterocycles. The summed E-state index contributed by atoms with van der Waals surface area (Å²) < 4.78 is 11.7. The Morgan fingerprint density at radius 2 is 2.04 bits per heavy atom. The molecular weight excluding hydrogens is 346 g/mol. The van der Waals surface area contributed by atoms with Crippen molar-refractivity contribution in [1.29, 1.82) is 0 Å². The van der Waals surface area contributed by atoms with Gasteiger partial charge in [0.15, 0.2) is 12.3 Å². The molecule has 0 bridgehead atoms. The highest BCUT2D eigenvalue weighted by Gasteiger charge is 2.47. The number of aliphatic hydroxyl groups is 2. The van der Waals surface area contributed by atoms with Crippen molar-refractivity contribution in [2.45, 2.75) is 24.5 Å². The highest BCUT2D eigenvalue weighted by Crippen LogP contribution is 2.31. The maximum absolute atomic E-state index is 12.4. The molecular formula is C16H17N3O7. The zero-order valence-corrected chi connectivity index (χ0v) is 13.4. The fraction of sp³-hybridized carbons (Fsp3) is 0.312. The third-order valence-electron chi connectivity index (χ3n) is 4.04. The standard InChI is InChI=1S/C16H17N3O7/c17-9-4-2-1-3-8(9)15(23)26-13-12(22)10(7-20)25-14(13)19-6-5-11(21)18-16(19)24/h1-6,10,12-14,20,22H,7,17H2,(H,18,21,24)/t10-,12-,13-,14-/m1/s1. The molecule has 138 valence electrons. The van der Waals surface area contributed by atoms with Crippen molar-refractivity contribution in [1.82, 2.24) is 9.55 Å². The topological polar surface area (TPSA) is 157 Å². The molecule has 0 radical (unpaired) electrons. The minimum atomic E-state index is -1.39. The lowest BCUT2D eigenvalue weighted by Gasteiger charge is -2.22. The van der Waals surface area contributed by atoms with Gasteiger partial charge < -0.3 is 25.4 Å². The molecule has 1 fully saturated rings. The summed E-state index contributed by atoms with van der Waals surface area (Å²) in [5, 5.41) is 19.6. The number of carbonyl (C=O) groups excluding carboxylic acids is 1. The van der Waals surface area contributed by atoms with E-state index in [0.717, 1.165) is 16.8 Å². The van der Waals surface area contributed by atoms with Gasteiger partial charge in [-0.1, -0.05) is 12.1 Å². The smallest absolute Gasteiger partial charge is 0.340 e. The molecule has 10 nitrogen and oxygen atoms in total. The van der Waals surface area contributed by atoms with Crippen LogP contribution in [0.2, 0.25) is 0 Å². The van der Waals surface area contributed by atoms with Crippen molar-refractivity contribution in [3.05, 3.63) is 62.9 Å². The van der Waals surface area contributed by atoms with Crippen LogP contribution < -0.4 is 17.0 Å². The first-order valence-electron chi connectivity index (χ1n) is 7.73. The van der Waals surface area contributed by atoms with Gasteiger partial charge in [0.25, 0.3) is 5.56 Å². The van der Waals surface area contributed by atoms with Crippen molar-refractivity contribution in [3.8, 4) is 0 Å². The number of H-pyrrole nitrogens is 1. The van der Waals surface area contributed by atoms with Crippen molar-refractivity contribution >= 4 is 11.7 Å². The molecule has 26 heavy (non-hydrogen) atoms. The van der Waals surface area contributed by atoms with Gasteiger partial charge >= 0.3 is 11.7 Å². The number of nitrogens with two attached hydrogens (primary N) is 1. The van der Waals surface area contributed by atoms with E-state index in [1.54, 1.807) is 12.1 Å². The molecule has 4 atom stereocenters. The van der Waals surface area contributed by atoms with Gasteiger partial charge in [-0.05, 0) is 12.1 Å². The highest BCUT2D eigenvalue weighted by molar-refractivity contribution is 5.95. The first-order valence-corrected chi connectivity index (χ1v) is 7.73. The van der Waals surface area contributed by atoms with E-state index in [9.17, 15) is 24.6 Å². The number of carbonyl (C=O) groups is 1. The lowest BCUT2D eigenvalue weighted by atomic mass is 10.1. The summed E-state index contributed by atoms with van der Waals surface area (Å²) in [4.78, 5) is 37.7. The molecule has 0 unspecified atom stereocenters. The fourth-order valence-corrected chi connectivity index (χ4v) is 2.72. The molecule has 2 heterocycles. The number of para-hydroxylation sites is 1. The van der Waals surface area contributed by atoms with E-state index in [2.05, 4.69) is 0 Å². The Balaban J connectivity index is 1.93. The third kappa shape index (κ3) is 3.25. The summed E-state index contributed by atoms with van der Waals surface area (Å²) in [5.74, 6) is -0.822. The Hall–Kier alpha value is -2.95. The van der Waals surface area contributed by atoms with Crippen LogP contribution in [0.5, 0.6) is 0 Å². The van der Waals surface area contributed by atoms with Gasteiger partial charge in [-0.3, -0.25) is 14.3 Å². The van der Waals surface area contributed by atoms with Crippen LogP contribution in [0.25, 0.3) is 0 Å². The largest absolute Gasteiger partial charge is 0.451 e. The average molecular weight is 363 g/mol. The Kier molecular flexibility index (Phi) is 4.89. The number of hydrogen-bond acceptors (Lipinski definition) is 8. The number of hydrogen-bond donors (Lipinski definition) is 4. The summed E-state index contributed by atoms with van der Waals surface area (Å²) in [5.41, 5.74) is 4.58. The molecule has 0 saturated carbocycles. The predicted octanol–water partition coefficient (Wildman–Crippen LogP) is -1.41. The van der Waals surface area contributed by atoms with Gasteiger partial charge in [0.2, 0.25) is 0 Å². The van der Waals surface area contributed by atoms with E-state index in [4.69, 9.17) is 15.2 Å². The van der Waals surface area contributed by atoms with E-state index in [-0.39, 0.29) is 11.3 Å². The number of ether oxygens (including phenoxy) is 2. The second kappa shape index (κ2) is 7.12. The maximum Gasteiger partial charge on any atom is 0.340 e. The fourth-order valence-electron chi connectivity index (χ4n) is 2.72. The lowest BCUT2D eigenvalue weighted by molar-refractivity contribution is -0.0603. The average Bonchev–Trinajstić information content (AvgIpc) is 2.91. The van der Waals surface area contributed by atoms with Crippen molar-refractivity contribution in [3.63, 3.8) is 0 Å². The number of esters is 1. The minimum absolute atomic E-state index is 0.0831. The van der Waals surface area contributed by atoms with Gasteiger partial charge in [0.1, 0.15) is 12.2 Å². The molecule has 2 aromatic rings. The number of nitrogens with zero attached hydrogens (tertiary/aromatic N) is 1. The zero-order chi connectivity index (χ0) is 18.8. The lowest BCUT2D eigenvalue weighted by Crippen LogP contribution is -2.40. The molecule has 0 spiro atoms. The van der Waals surface area contributed by atoms with Crippen LogP contribution in [-0.4, -0.2) is 50.7 Å². The highest BCUT2D eigenvalue weighted by atomic mass is 16.6. The molecule has 0 aliphatic carbocycles. The Morgan fingerprint density at radius 1 is 1.31 bits per heavy atom. The van der Waals surface area contributed by atoms with Gasteiger partial charge in [-0.15, -0.1) is 0 Å². The molecule has 0 amide bonds. The van der Waals surface area contributed by atoms with E-state index >= 15 is 0 Å². The minimum Gasteiger partial charge on any atom is -0.451 e. The van der Waals surface area contributed by atoms with Crippen LogP contribution in [0.1, 0.15) is 16.6 Å². The van der Waals surface area contributed by atoms with Crippen LogP contribution in [0, 0.1) is 0 Å². The number of aromatic amines is 1. The SMILES string of the molecule is Nc1ccccc1C(=O)O[C@@H]1[C@H](O)[C@@H](CO)O[C@H]1n1ccc(=O)[nH]c1=O. The van der Waals surface area contributed by atoms with Gasteiger partial charge in [-0.25, -0.2) is 9.59 Å². The number of aromatic nitrogens is 2. The molecule has 1 aliphatic rings. The third-order valence-corrected chi connectivity index (χ3v) is 4.04. The van der Waals surface area contributed by atoms with E-state index in [1.807, 2.05) is 4.98 Å². The quantitative estimate of drug-likeness (QED) is 0.381. The Bertz CT molecular complexity index is 922. The number of benzene rings is 1. The summed E-state index contributed by atoms with van der Waals surface area (Å²) in [7, 11) is 0. The number of rotatable bonds is 4. The van der Waals surface area contributed by atoms with Crippen LogP contribution in [0.15, 0.2) is 46.1 Å². The number of aliphatic hydroxyl groups excluding tert-OH is 2. The summed E-state index contributed by atoms with van der Waals surface area (Å²) in [6.07, 6.45) is -3.86. The van der Waals surface area contributed by atoms with Crippen LogP contribution >= 0.6 is 0 Å². The molecule has 1 aromatic heterocycles. The molecule has 5 N–H and O–H groups in total. The number of anilines is 1. The van der Waals surface area contributed by atoms with E-state index in [1.165, 1.54) is 12.1 Å². The predicted molar refractivity (Wildman–Crippen MR) is 88.4 cm³/mol. The first-order chi connectivity index (χ1) is 12.4. The second-order valence-corrected chi connectivity index (χ2v) is 5.71. The zero-order valence-electron chi connectivity index (χ0n) is 13.4. The van der Waals surface area contributed by atoms with Crippen molar-refractivity contribution in [2.75, 3.05) is 12.3 Å². The molecule has 1 aromatic carbocycles. The summed E-state index contributed by atoms with van der Waals surface area (Å²) in [6, 6.07) is 7.28.